The van der Waals surface area contributed by atoms with E-state index in [1.54, 1.807) is 13.8 Å². The summed E-state index contributed by atoms with van der Waals surface area (Å²) in [6, 6.07) is 4.10. The number of fused-ring (bicyclic) bond motifs is 1. The largest absolute Gasteiger partial charge is 0.493 e. The van der Waals surface area contributed by atoms with Crippen molar-refractivity contribution >= 4 is 27.4 Å². The Morgan fingerprint density at radius 1 is 1.23 bits per heavy atom. The summed E-state index contributed by atoms with van der Waals surface area (Å²) in [7, 11) is -4.05. The molecule has 2 heterocycles. The third kappa shape index (κ3) is 5.66. The van der Waals surface area contributed by atoms with Gasteiger partial charge in [-0.2, -0.15) is 0 Å². The number of aliphatic carboxylic acids is 1. The van der Waals surface area contributed by atoms with Gasteiger partial charge in [0.05, 0.1) is 22.8 Å². The van der Waals surface area contributed by atoms with Crippen LogP contribution in [0, 0.1) is 6.92 Å². The highest BCUT2D eigenvalue weighted by molar-refractivity contribution is 7.89. The van der Waals surface area contributed by atoms with Gasteiger partial charge in [0.25, 0.3) is 5.56 Å². The maximum atomic E-state index is 12.8. The molecule has 2 aromatic heterocycles. The number of aryl methyl sites for hydroxylation is 2. The van der Waals surface area contributed by atoms with Crippen molar-refractivity contribution in [1.29, 1.82) is 0 Å². The number of H-pyrrole nitrogens is 1. The minimum atomic E-state index is -4.05. The van der Waals surface area contributed by atoms with Gasteiger partial charge < -0.3 is 20.1 Å². The number of benzene rings is 1. The SMILES string of the molecule is CCCc1nc(C)c2c(=O)[nH]c(-c3cc(S(=O)(=O)NCCNC(=O)C(=O)O)ccc3OCC)nn12. The highest BCUT2D eigenvalue weighted by atomic mass is 32.2. The normalized spacial score (nSPS) is 11.5. The molecular formula is C21H26N6O7S. The van der Waals surface area contributed by atoms with Gasteiger partial charge in [-0.15, -0.1) is 5.10 Å². The van der Waals surface area contributed by atoms with Crippen LogP contribution in [0.15, 0.2) is 27.9 Å². The van der Waals surface area contributed by atoms with Gasteiger partial charge in [0.1, 0.15) is 11.6 Å². The Bertz CT molecular complexity index is 1430. The predicted molar refractivity (Wildman–Crippen MR) is 125 cm³/mol. The molecule has 188 valence electrons. The van der Waals surface area contributed by atoms with Crippen molar-refractivity contribution in [2.45, 2.75) is 38.5 Å². The molecule has 0 aliphatic carbocycles. The molecule has 0 aliphatic rings. The second-order valence-corrected chi connectivity index (χ2v) is 9.24. The number of aromatic nitrogens is 4. The predicted octanol–water partition coefficient (Wildman–Crippen LogP) is 0.223. The number of carbonyl (C=O) groups is 2. The summed E-state index contributed by atoms with van der Waals surface area (Å²) in [5, 5.41) is 15.2. The van der Waals surface area contributed by atoms with E-state index in [0.29, 0.717) is 35.8 Å². The number of sulfonamides is 1. The molecule has 0 atom stereocenters. The minimum Gasteiger partial charge on any atom is -0.493 e. The van der Waals surface area contributed by atoms with Crippen LogP contribution in [0.5, 0.6) is 5.75 Å². The van der Waals surface area contributed by atoms with Crippen molar-refractivity contribution in [3.63, 3.8) is 0 Å². The van der Waals surface area contributed by atoms with Crippen LogP contribution in [0.3, 0.4) is 0 Å². The molecule has 4 N–H and O–H groups in total. The van der Waals surface area contributed by atoms with Crippen LogP contribution in [0.1, 0.15) is 31.8 Å². The molecule has 1 amide bonds. The van der Waals surface area contributed by atoms with Gasteiger partial charge in [-0.3, -0.25) is 9.59 Å². The molecule has 14 heteroatoms. The number of nitrogens with one attached hydrogen (secondary N) is 3. The molecule has 0 unspecified atom stereocenters. The summed E-state index contributed by atoms with van der Waals surface area (Å²) in [4.78, 5) is 41.4. The van der Waals surface area contributed by atoms with Crippen molar-refractivity contribution < 1.29 is 27.9 Å². The Labute approximate surface area is 200 Å². The Kier molecular flexibility index (Phi) is 7.86. The first-order chi connectivity index (χ1) is 16.6. The second kappa shape index (κ2) is 10.7. The van der Waals surface area contributed by atoms with Gasteiger partial charge in [0, 0.05) is 19.5 Å². The van der Waals surface area contributed by atoms with E-state index < -0.39 is 27.5 Å². The maximum absolute atomic E-state index is 12.8. The van der Waals surface area contributed by atoms with E-state index in [9.17, 15) is 22.8 Å². The van der Waals surface area contributed by atoms with Crippen LogP contribution >= 0.6 is 0 Å². The van der Waals surface area contributed by atoms with Crippen LogP contribution in [-0.4, -0.2) is 64.7 Å². The number of carbonyl (C=O) groups excluding carboxylic acids is 1. The molecule has 0 fully saturated rings. The summed E-state index contributed by atoms with van der Waals surface area (Å²) >= 11 is 0. The Morgan fingerprint density at radius 2 is 1.97 bits per heavy atom. The fourth-order valence-corrected chi connectivity index (χ4v) is 4.46. The number of carboxylic acids is 1. The number of hydrogen-bond acceptors (Lipinski definition) is 8. The lowest BCUT2D eigenvalue weighted by Crippen LogP contribution is -2.37. The molecule has 0 bridgehead atoms. The molecule has 0 aliphatic heterocycles. The van der Waals surface area contributed by atoms with Crippen LogP contribution in [0.4, 0.5) is 0 Å². The highest BCUT2D eigenvalue weighted by Gasteiger charge is 2.21. The van der Waals surface area contributed by atoms with E-state index in [4.69, 9.17) is 9.84 Å². The first kappa shape index (κ1) is 25.8. The van der Waals surface area contributed by atoms with E-state index in [2.05, 4.69) is 25.1 Å². The first-order valence-corrected chi connectivity index (χ1v) is 12.3. The fourth-order valence-electron chi connectivity index (χ4n) is 3.41. The monoisotopic (exact) mass is 506 g/mol. The zero-order chi connectivity index (χ0) is 25.8. The summed E-state index contributed by atoms with van der Waals surface area (Å²) < 4.78 is 35.0. The van der Waals surface area contributed by atoms with Crippen molar-refractivity contribution in [1.82, 2.24) is 29.6 Å². The Balaban J connectivity index is 2.00. The van der Waals surface area contributed by atoms with Crippen molar-refractivity contribution in [2.75, 3.05) is 19.7 Å². The zero-order valence-corrected chi connectivity index (χ0v) is 20.2. The molecule has 0 spiro atoms. The molecule has 3 rings (SSSR count). The molecule has 0 saturated carbocycles. The van der Waals surface area contributed by atoms with Gasteiger partial charge in [-0.1, -0.05) is 6.92 Å². The number of carboxylic acid groups (broad SMARTS) is 1. The van der Waals surface area contributed by atoms with Gasteiger partial charge in [-0.25, -0.2) is 27.4 Å². The third-order valence-electron chi connectivity index (χ3n) is 4.93. The van der Waals surface area contributed by atoms with E-state index >= 15 is 0 Å². The number of nitrogens with zero attached hydrogens (tertiary/aromatic N) is 3. The number of ether oxygens (including phenoxy) is 1. The highest BCUT2D eigenvalue weighted by Crippen LogP contribution is 2.30. The number of imidazole rings is 1. The maximum Gasteiger partial charge on any atom is 0.394 e. The molecule has 13 nitrogen and oxygen atoms in total. The summed E-state index contributed by atoms with van der Waals surface area (Å²) in [6.07, 6.45) is 1.39. The van der Waals surface area contributed by atoms with Crippen molar-refractivity contribution in [2.24, 2.45) is 0 Å². The number of hydrogen-bond donors (Lipinski definition) is 4. The Hall–Kier alpha value is -3.78. The van der Waals surface area contributed by atoms with E-state index in [-0.39, 0.29) is 29.4 Å². The fraction of sp³-hybridized carbons (Fsp3) is 0.381. The van der Waals surface area contributed by atoms with E-state index in [1.807, 2.05) is 6.92 Å². The lowest BCUT2D eigenvalue weighted by Gasteiger charge is -2.13. The van der Waals surface area contributed by atoms with Gasteiger partial charge in [0.2, 0.25) is 10.0 Å². The summed E-state index contributed by atoms with van der Waals surface area (Å²) in [5.74, 6) is -1.88. The zero-order valence-electron chi connectivity index (χ0n) is 19.4. The Morgan fingerprint density at radius 3 is 2.63 bits per heavy atom. The van der Waals surface area contributed by atoms with Gasteiger partial charge in [-0.05, 0) is 38.5 Å². The van der Waals surface area contributed by atoms with Crippen LogP contribution in [0.2, 0.25) is 0 Å². The average molecular weight is 507 g/mol. The van der Waals surface area contributed by atoms with Crippen LogP contribution in [-0.2, 0) is 26.0 Å². The molecule has 0 saturated heterocycles. The minimum absolute atomic E-state index is 0.103. The molecule has 35 heavy (non-hydrogen) atoms. The van der Waals surface area contributed by atoms with Gasteiger partial charge >= 0.3 is 11.9 Å². The molecule has 0 radical (unpaired) electrons. The van der Waals surface area contributed by atoms with E-state index in [1.165, 1.54) is 22.7 Å². The number of aromatic amines is 1. The van der Waals surface area contributed by atoms with Crippen molar-refractivity contribution in [3.05, 3.63) is 40.1 Å². The van der Waals surface area contributed by atoms with Gasteiger partial charge in [0.15, 0.2) is 11.3 Å². The number of rotatable bonds is 10. The van der Waals surface area contributed by atoms with Crippen LogP contribution in [0.25, 0.3) is 16.9 Å². The van der Waals surface area contributed by atoms with E-state index in [0.717, 1.165) is 6.42 Å². The summed E-state index contributed by atoms with van der Waals surface area (Å²) in [5.41, 5.74) is 0.672. The third-order valence-corrected chi connectivity index (χ3v) is 6.39. The molecule has 3 aromatic rings. The molecular weight excluding hydrogens is 480 g/mol. The van der Waals surface area contributed by atoms with Crippen molar-refractivity contribution in [3.8, 4) is 17.1 Å². The summed E-state index contributed by atoms with van der Waals surface area (Å²) in [6.45, 7) is 5.29. The lowest BCUT2D eigenvalue weighted by atomic mass is 10.2. The topological polar surface area (TPSA) is 185 Å². The second-order valence-electron chi connectivity index (χ2n) is 7.48. The molecule has 1 aromatic carbocycles. The first-order valence-electron chi connectivity index (χ1n) is 10.9. The lowest BCUT2D eigenvalue weighted by molar-refractivity contribution is -0.150. The quantitative estimate of drug-likeness (QED) is 0.221. The van der Waals surface area contributed by atoms with Crippen LogP contribution < -0.4 is 20.3 Å². The standard InChI is InChI=1S/C21H26N6O7S/c1-4-6-16-24-12(3)17-19(28)25-18(26-27(16)17)14-11-13(7-8-15(14)34-5-2)35(32,33)23-10-9-22-20(29)21(30)31/h7-8,11,23H,4-6,9-10H2,1-3H3,(H,22,29)(H,30,31)(H,25,26,28). The smallest absolute Gasteiger partial charge is 0.394 e. The number of amides is 1. The average Bonchev–Trinajstić information content (AvgIpc) is 3.12.